The zero-order valence-electron chi connectivity index (χ0n) is 12.5. The van der Waals surface area contributed by atoms with Gasteiger partial charge in [0.1, 0.15) is 5.82 Å². The molecule has 4 rings (SSSR count). The van der Waals surface area contributed by atoms with Gasteiger partial charge in [-0.2, -0.15) is 0 Å². The molecule has 0 bridgehead atoms. The van der Waals surface area contributed by atoms with Gasteiger partial charge in [-0.1, -0.05) is 24.3 Å². The van der Waals surface area contributed by atoms with E-state index >= 15 is 0 Å². The highest BCUT2D eigenvalue weighted by Gasteiger charge is 2.24. The van der Waals surface area contributed by atoms with Crippen LogP contribution in [-0.4, -0.2) is 21.1 Å². The van der Waals surface area contributed by atoms with Crippen LogP contribution in [0, 0.1) is 11.6 Å². The van der Waals surface area contributed by atoms with Crippen molar-refractivity contribution in [3.8, 4) is 11.4 Å². The third-order valence-corrected chi connectivity index (χ3v) is 4.46. The number of thioether (sulfide) groups is 1. The van der Waals surface area contributed by atoms with Crippen LogP contribution in [0.2, 0.25) is 0 Å². The fraction of sp³-hybridized carbons (Fsp3) is 0. The number of imidazole rings is 1. The summed E-state index contributed by atoms with van der Waals surface area (Å²) in [6, 6.07) is 9.14. The molecule has 8 heteroatoms. The van der Waals surface area contributed by atoms with Crippen LogP contribution in [-0.2, 0) is 4.79 Å². The van der Waals surface area contributed by atoms with E-state index < -0.39 is 22.8 Å². The van der Waals surface area contributed by atoms with E-state index in [1.165, 1.54) is 0 Å². The summed E-state index contributed by atoms with van der Waals surface area (Å²) in [4.78, 5) is 30.2. The van der Waals surface area contributed by atoms with Gasteiger partial charge >= 0.3 is 0 Å². The molecule has 124 valence electrons. The van der Waals surface area contributed by atoms with Crippen LogP contribution in [0.25, 0.3) is 28.5 Å². The van der Waals surface area contributed by atoms with Gasteiger partial charge in [-0.05, 0) is 23.4 Å². The second-order valence-corrected chi connectivity index (χ2v) is 6.36. The van der Waals surface area contributed by atoms with E-state index in [9.17, 15) is 18.4 Å². The first kappa shape index (κ1) is 15.5. The summed E-state index contributed by atoms with van der Waals surface area (Å²) in [6.07, 6.45) is 1.61. The number of aromatic amines is 1. The van der Waals surface area contributed by atoms with E-state index in [4.69, 9.17) is 0 Å². The predicted molar refractivity (Wildman–Crippen MR) is 90.6 cm³/mol. The second-order valence-electron chi connectivity index (χ2n) is 5.34. The fourth-order valence-corrected chi connectivity index (χ4v) is 3.13. The number of imide groups is 1. The Hall–Kier alpha value is -3.00. The molecule has 5 nitrogen and oxygen atoms in total. The Kier molecular flexibility index (Phi) is 3.61. The van der Waals surface area contributed by atoms with E-state index in [1.54, 1.807) is 30.3 Å². The SMILES string of the molecule is O=C1NC(=O)C(=Cc2ccc(-c3nc4cc(F)c(F)cc4[nH]3)cc2)S1. The number of fused-ring (bicyclic) bond motifs is 1. The van der Waals surface area contributed by atoms with Gasteiger partial charge in [0.15, 0.2) is 11.6 Å². The zero-order chi connectivity index (χ0) is 17.6. The average molecular weight is 357 g/mol. The van der Waals surface area contributed by atoms with Gasteiger partial charge in [-0.3, -0.25) is 14.9 Å². The molecular formula is C17H9F2N3O2S. The molecule has 0 radical (unpaired) electrons. The van der Waals surface area contributed by atoms with E-state index in [2.05, 4.69) is 15.3 Å². The molecule has 1 aliphatic rings. The molecule has 1 aromatic heterocycles. The first-order chi connectivity index (χ1) is 12.0. The molecule has 2 heterocycles. The number of halogens is 2. The number of amides is 2. The summed E-state index contributed by atoms with van der Waals surface area (Å²) in [5, 5.41) is 1.79. The van der Waals surface area contributed by atoms with Gasteiger partial charge in [0.25, 0.3) is 11.1 Å². The van der Waals surface area contributed by atoms with Crippen molar-refractivity contribution in [1.29, 1.82) is 0 Å². The van der Waals surface area contributed by atoms with Crippen LogP contribution in [0.4, 0.5) is 13.6 Å². The molecule has 0 spiro atoms. The molecule has 0 atom stereocenters. The highest BCUT2D eigenvalue weighted by molar-refractivity contribution is 8.18. The maximum absolute atomic E-state index is 13.3. The fourth-order valence-electron chi connectivity index (χ4n) is 2.45. The van der Waals surface area contributed by atoms with E-state index in [0.717, 1.165) is 35.0 Å². The minimum atomic E-state index is -0.950. The van der Waals surface area contributed by atoms with Crippen molar-refractivity contribution in [2.75, 3.05) is 0 Å². The summed E-state index contributed by atoms with van der Waals surface area (Å²) in [5.41, 5.74) is 2.19. The molecule has 1 aliphatic heterocycles. The van der Waals surface area contributed by atoms with E-state index in [1.807, 2.05) is 0 Å². The summed E-state index contributed by atoms with van der Waals surface area (Å²) < 4.78 is 26.6. The van der Waals surface area contributed by atoms with Crippen molar-refractivity contribution in [1.82, 2.24) is 15.3 Å². The monoisotopic (exact) mass is 357 g/mol. The largest absolute Gasteiger partial charge is 0.338 e. The van der Waals surface area contributed by atoms with Crippen molar-refractivity contribution < 1.29 is 18.4 Å². The Morgan fingerprint density at radius 2 is 1.76 bits per heavy atom. The molecular weight excluding hydrogens is 348 g/mol. The van der Waals surface area contributed by atoms with E-state index in [0.29, 0.717) is 21.8 Å². The molecule has 0 saturated carbocycles. The molecule has 2 amide bonds. The van der Waals surface area contributed by atoms with Gasteiger partial charge in [0.05, 0.1) is 15.9 Å². The van der Waals surface area contributed by atoms with Crippen LogP contribution in [0.5, 0.6) is 0 Å². The lowest BCUT2D eigenvalue weighted by molar-refractivity contribution is -0.115. The summed E-state index contributed by atoms with van der Waals surface area (Å²) in [7, 11) is 0. The normalized spacial score (nSPS) is 16.0. The number of nitrogens with one attached hydrogen (secondary N) is 2. The zero-order valence-corrected chi connectivity index (χ0v) is 13.3. The van der Waals surface area contributed by atoms with Crippen molar-refractivity contribution in [2.45, 2.75) is 0 Å². The molecule has 3 aromatic rings. The maximum atomic E-state index is 13.3. The van der Waals surface area contributed by atoms with Crippen LogP contribution in [0.1, 0.15) is 5.56 Å². The standard InChI is InChI=1S/C17H9F2N3O2S/c18-10-6-12-13(7-11(10)19)21-15(20-12)9-3-1-8(2-4-9)5-14-16(23)22-17(24)25-14/h1-7H,(H,20,21)(H,22,23,24). The number of nitrogens with zero attached hydrogens (tertiary/aromatic N) is 1. The Morgan fingerprint density at radius 3 is 2.44 bits per heavy atom. The number of carbonyl (C=O) groups excluding carboxylic acids is 2. The van der Waals surface area contributed by atoms with Crippen molar-refractivity contribution >= 4 is 40.0 Å². The molecule has 1 saturated heterocycles. The molecule has 0 aliphatic carbocycles. The first-order valence-corrected chi connectivity index (χ1v) is 8.01. The molecule has 1 fully saturated rings. The first-order valence-electron chi connectivity index (χ1n) is 7.20. The number of rotatable bonds is 2. The van der Waals surface area contributed by atoms with Crippen molar-refractivity contribution in [2.24, 2.45) is 0 Å². The lowest BCUT2D eigenvalue weighted by Gasteiger charge is -1.99. The molecule has 2 aromatic carbocycles. The Bertz CT molecular complexity index is 1020. The van der Waals surface area contributed by atoms with Gasteiger partial charge in [0.2, 0.25) is 0 Å². The third kappa shape index (κ3) is 2.91. The number of carbonyl (C=O) groups is 2. The lowest BCUT2D eigenvalue weighted by atomic mass is 10.1. The minimum absolute atomic E-state index is 0.326. The number of benzene rings is 2. The predicted octanol–water partition coefficient (Wildman–Crippen LogP) is 3.83. The highest BCUT2D eigenvalue weighted by atomic mass is 32.2. The summed E-state index contributed by atoms with van der Waals surface area (Å²) >= 11 is 0.847. The second kappa shape index (κ2) is 5.82. The lowest BCUT2D eigenvalue weighted by Crippen LogP contribution is -2.17. The van der Waals surface area contributed by atoms with E-state index in [-0.39, 0.29) is 0 Å². The quantitative estimate of drug-likeness (QED) is 0.684. The van der Waals surface area contributed by atoms with Crippen molar-refractivity contribution in [3.05, 3.63) is 58.5 Å². The Balaban J connectivity index is 1.65. The van der Waals surface area contributed by atoms with Crippen LogP contribution in [0.3, 0.4) is 0 Å². The maximum Gasteiger partial charge on any atom is 0.290 e. The molecule has 2 N–H and O–H groups in total. The molecule has 0 unspecified atom stereocenters. The topological polar surface area (TPSA) is 74.8 Å². The Labute approximate surface area is 144 Å². The van der Waals surface area contributed by atoms with Crippen LogP contribution in [0.15, 0.2) is 41.3 Å². The van der Waals surface area contributed by atoms with Crippen LogP contribution >= 0.6 is 11.8 Å². The van der Waals surface area contributed by atoms with Gasteiger partial charge in [-0.15, -0.1) is 0 Å². The van der Waals surface area contributed by atoms with Gasteiger partial charge < -0.3 is 4.98 Å². The number of aromatic nitrogens is 2. The van der Waals surface area contributed by atoms with Crippen LogP contribution < -0.4 is 5.32 Å². The number of hydrogen-bond donors (Lipinski definition) is 2. The van der Waals surface area contributed by atoms with Gasteiger partial charge in [-0.25, -0.2) is 13.8 Å². The van der Waals surface area contributed by atoms with Crippen molar-refractivity contribution in [3.63, 3.8) is 0 Å². The average Bonchev–Trinajstić information content (AvgIpc) is 3.11. The summed E-state index contributed by atoms with van der Waals surface area (Å²) in [6.45, 7) is 0. The van der Waals surface area contributed by atoms with Gasteiger partial charge in [0, 0.05) is 17.7 Å². The highest BCUT2D eigenvalue weighted by Crippen LogP contribution is 2.27. The smallest absolute Gasteiger partial charge is 0.290 e. The molecule has 25 heavy (non-hydrogen) atoms. The number of hydrogen-bond acceptors (Lipinski definition) is 4. The third-order valence-electron chi connectivity index (χ3n) is 3.65. The Morgan fingerprint density at radius 1 is 1.04 bits per heavy atom. The number of H-pyrrole nitrogens is 1. The summed E-state index contributed by atoms with van der Waals surface area (Å²) in [5.74, 6) is -1.83. The minimum Gasteiger partial charge on any atom is -0.338 e.